The van der Waals surface area contributed by atoms with Crippen LogP contribution in [0, 0.1) is 0 Å². The Morgan fingerprint density at radius 3 is 1.93 bits per heavy atom. The molecule has 1 aliphatic rings. The van der Waals surface area contributed by atoms with Gasteiger partial charge in [-0.2, -0.15) is 0 Å². The highest BCUT2D eigenvalue weighted by Crippen LogP contribution is 2.51. The molecule has 0 spiro atoms. The Morgan fingerprint density at radius 1 is 0.400 bits per heavy atom. The van der Waals surface area contributed by atoms with Crippen LogP contribution in [0.15, 0.2) is 192 Å². The van der Waals surface area contributed by atoms with Gasteiger partial charge < -0.3 is 9.32 Å². The first-order valence-corrected chi connectivity index (χ1v) is 19.1. The lowest BCUT2D eigenvalue weighted by atomic mass is 9.82. The Hall–Kier alpha value is -6.90. The number of anilines is 3. The fraction of sp³-hybridized carbons (Fsp3) is 0.0566. The van der Waals surface area contributed by atoms with Crippen LogP contribution in [-0.2, 0) is 5.41 Å². The normalized spacial score (nSPS) is 13.1. The van der Waals surface area contributed by atoms with Crippen molar-refractivity contribution in [1.82, 2.24) is 0 Å². The van der Waals surface area contributed by atoms with E-state index in [2.05, 4.69) is 207 Å². The Kier molecular flexibility index (Phi) is 6.93. The first-order chi connectivity index (χ1) is 27.0. The van der Waals surface area contributed by atoms with E-state index in [-0.39, 0.29) is 5.41 Å². The third kappa shape index (κ3) is 4.88. The molecular formula is C53H37NO. The van der Waals surface area contributed by atoms with Crippen molar-refractivity contribution in [3.63, 3.8) is 0 Å². The number of rotatable bonds is 5. The van der Waals surface area contributed by atoms with Gasteiger partial charge in [-0.25, -0.2) is 0 Å². The SMILES string of the molecule is CC1(C)c2ccccc2-c2ccc(N(c3ccc(-c4cc5c6ccc(-c7ccccc7)cc6oc5c5ccccc45)cc3)c3cccc4ccccc34)cc21. The van der Waals surface area contributed by atoms with Crippen LogP contribution in [-0.4, -0.2) is 0 Å². The van der Waals surface area contributed by atoms with Crippen molar-refractivity contribution in [2.24, 2.45) is 0 Å². The lowest BCUT2D eigenvalue weighted by Gasteiger charge is -2.29. The van der Waals surface area contributed by atoms with Gasteiger partial charge in [0.05, 0.1) is 5.69 Å². The fourth-order valence-corrected chi connectivity index (χ4v) is 9.10. The largest absolute Gasteiger partial charge is 0.455 e. The van der Waals surface area contributed by atoms with Crippen LogP contribution >= 0.6 is 0 Å². The standard InChI is InChI=1S/C53H37NO/c1-53(2)48-21-11-10-19-42(48)43-30-28-39(32-49(43)53)54(50-22-12-16-35-15-6-7-17-40(35)50)38-26-23-36(24-27-38)46-33-47-44-29-25-37(34-13-4-3-5-14-34)31-51(44)55-52(47)45-20-9-8-18-41(45)46/h3-33H,1-2H3. The lowest BCUT2D eigenvalue weighted by molar-refractivity contribution is 0.660. The third-order valence-corrected chi connectivity index (χ3v) is 11.9. The number of furan rings is 1. The molecule has 260 valence electrons. The van der Waals surface area contributed by atoms with Crippen molar-refractivity contribution >= 4 is 60.5 Å². The number of benzene rings is 9. The van der Waals surface area contributed by atoms with Gasteiger partial charge in [-0.15, -0.1) is 0 Å². The van der Waals surface area contributed by atoms with E-state index in [0.717, 1.165) is 50.0 Å². The van der Waals surface area contributed by atoms with Gasteiger partial charge in [-0.3, -0.25) is 0 Å². The summed E-state index contributed by atoms with van der Waals surface area (Å²) in [6, 6.07) is 68.4. The molecular weight excluding hydrogens is 667 g/mol. The van der Waals surface area contributed by atoms with E-state index in [1.165, 1.54) is 55.1 Å². The molecule has 0 aliphatic heterocycles. The highest BCUT2D eigenvalue weighted by molar-refractivity contribution is 6.19. The molecule has 0 N–H and O–H groups in total. The molecule has 11 rings (SSSR count). The van der Waals surface area contributed by atoms with E-state index in [0.29, 0.717) is 0 Å². The number of hydrogen-bond acceptors (Lipinski definition) is 2. The monoisotopic (exact) mass is 703 g/mol. The van der Waals surface area contributed by atoms with Crippen LogP contribution in [0.4, 0.5) is 17.1 Å². The Labute approximate surface area is 320 Å². The average molecular weight is 704 g/mol. The smallest absolute Gasteiger partial charge is 0.143 e. The number of fused-ring (bicyclic) bond motifs is 9. The zero-order valence-electron chi connectivity index (χ0n) is 30.8. The highest BCUT2D eigenvalue weighted by Gasteiger charge is 2.35. The molecule has 0 bridgehead atoms. The topological polar surface area (TPSA) is 16.4 Å². The zero-order chi connectivity index (χ0) is 36.7. The van der Waals surface area contributed by atoms with E-state index in [4.69, 9.17) is 4.42 Å². The van der Waals surface area contributed by atoms with Crippen molar-refractivity contribution in [3.8, 4) is 33.4 Å². The van der Waals surface area contributed by atoms with Crippen LogP contribution in [0.2, 0.25) is 0 Å². The van der Waals surface area contributed by atoms with Gasteiger partial charge in [-0.05, 0) is 104 Å². The average Bonchev–Trinajstić information content (AvgIpc) is 3.72. The Morgan fingerprint density at radius 2 is 1.07 bits per heavy atom. The molecule has 0 saturated carbocycles. The molecule has 2 nitrogen and oxygen atoms in total. The van der Waals surface area contributed by atoms with Gasteiger partial charge in [0.1, 0.15) is 11.2 Å². The summed E-state index contributed by atoms with van der Waals surface area (Å²) >= 11 is 0. The lowest BCUT2D eigenvalue weighted by Crippen LogP contribution is -2.16. The highest BCUT2D eigenvalue weighted by atomic mass is 16.3. The van der Waals surface area contributed by atoms with Gasteiger partial charge >= 0.3 is 0 Å². The number of nitrogens with zero attached hydrogens (tertiary/aromatic N) is 1. The second-order valence-corrected chi connectivity index (χ2v) is 15.3. The Bertz CT molecular complexity index is 3110. The first-order valence-electron chi connectivity index (χ1n) is 19.1. The van der Waals surface area contributed by atoms with Gasteiger partial charge in [0, 0.05) is 38.3 Å². The van der Waals surface area contributed by atoms with Crippen molar-refractivity contribution in [2.75, 3.05) is 4.90 Å². The van der Waals surface area contributed by atoms with Gasteiger partial charge in [0.2, 0.25) is 0 Å². The predicted octanol–water partition coefficient (Wildman–Crippen LogP) is 15.0. The first kappa shape index (κ1) is 31.6. The van der Waals surface area contributed by atoms with E-state index >= 15 is 0 Å². The van der Waals surface area contributed by atoms with Crippen LogP contribution in [0.1, 0.15) is 25.0 Å². The fourth-order valence-electron chi connectivity index (χ4n) is 9.10. The van der Waals surface area contributed by atoms with Crippen LogP contribution in [0.3, 0.4) is 0 Å². The molecule has 1 aliphatic carbocycles. The van der Waals surface area contributed by atoms with E-state index < -0.39 is 0 Å². The third-order valence-electron chi connectivity index (χ3n) is 11.9. The molecule has 0 saturated heterocycles. The molecule has 0 atom stereocenters. The molecule has 55 heavy (non-hydrogen) atoms. The van der Waals surface area contributed by atoms with Crippen molar-refractivity contribution < 1.29 is 4.42 Å². The summed E-state index contributed by atoms with van der Waals surface area (Å²) in [5.41, 5.74) is 15.2. The van der Waals surface area contributed by atoms with Crippen LogP contribution in [0.5, 0.6) is 0 Å². The van der Waals surface area contributed by atoms with Crippen molar-refractivity contribution in [3.05, 3.63) is 199 Å². The quantitative estimate of drug-likeness (QED) is 0.177. The molecule has 1 heterocycles. The second-order valence-electron chi connectivity index (χ2n) is 15.3. The summed E-state index contributed by atoms with van der Waals surface area (Å²) in [6.45, 7) is 4.70. The van der Waals surface area contributed by atoms with E-state index in [1.807, 2.05) is 0 Å². The molecule has 10 aromatic rings. The summed E-state index contributed by atoms with van der Waals surface area (Å²) in [6.07, 6.45) is 0. The molecule has 1 aromatic heterocycles. The molecule has 2 heteroatoms. The summed E-state index contributed by atoms with van der Waals surface area (Å²) in [4.78, 5) is 2.43. The summed E-state index contributed by atoms with van der Waals surface area (Å²) in [5.74, 6) is 0. The Balaban J connectivity index is 1.06. The minimum Gasteiger partial charge on any atom is -0.455 e. The van der Waals surface area contributed by atoms with Crippen LogP contribution in [0.25, 0.3) is 76.9 Å². The molecule has 0 radical (unpaired) electrons. The van der Waals surface area contributed by atoms with E-state index in [1.54, 1.807) is 0 Å². The molecule has 9 aromatic carbocycles. The molecule has 0 unspecified atom stereocenters. The van der Waals surface area contributed by atoms with Gasteiger partial charge in [0.15, 0.2) is 0 Å². The van der Waals surface area contributed by atoms with E-state index in [9.17, 15) is 0 Å². The maximum Gasteiger partial charge on any atom is 0.143 e. The zero-order valence-corrected chi connectivity index (χ0v) is 30.8. The van der Waals surface area contributed by atoms with Crippen LogP contribution < -0.4 is 4.90 Å². The number of hydrogen-bond donors (Lipinski definition) is 0. The summed E-state index contributed by atoms with van der Waals surface area (Å²) in [5, 5.41) is 7.00. The summed E-state index contributed by atoms with van der Waals surface area (Å²) < 4.78 is 6.66. The molecule has 0 amide bonds. The maximum atomic E-state index is 6.66. The summed E-state index contributed by atoms with van der Waals surface area (Å²) in [7, 11) is 0. The van der Waals surface area contributed by atoms with Crippen molar-refractivity contribution in [1.29, 1.82) is 0 Å². The second kappa shape index (κ2) is 12.1. The molecule has 0 fully saturated rings. The minimum absolute atomic E-state index is 0.101. The van der Waals surface area contributed by atoms with Gasteiger partial charge in [0.25, 0.3) is 0 Å². The maximum absolute atomic E-state index is 6.66. The minimum atomic E-state index is -0.101. The van der Waals surface area contributed by atoms with Crippen molar-refractivity contribution in [2.45, 2.75) is 19.3 Å². The predicted molar refractivity (Wildman–Crippen MR) is 232 cm³/mol. The van der Waals surface area contributed by atoms with Gasteiger partial charge in [-0.1, -0.05) is 153 Å².